The van der Waals surface area contributed by atoms with Crippen LogP contribution in [-0.4, -0.2) is 18.2 Å². The van der Waals surface area contributed by atoms with Crippen molar-refractivity contribution in [2.45, 2.75) is 51.6 Å². The van der Waals surface area contributed by atoms with Gasteiger partial charge in [0.2, 0.25) is 0 Å². The second kappa shape index (κ2) is 5.36. The minimum Gasteiger partial charge on any atom is -0.389 e. The van der Waals surface area contributed by atoms with Crippen molar-refractivity contribution in [3.63, 3.8) is 0 Å². The van der Waals surface area contributed by atoms with E-state index in [-0.39, 0.29) is 5.82 Å². The molecular formula is C17H24FNO. The first-order chi connectivity index (χ1) is 9.60. The van der Waals surface area contributed by atoms with Crippen molar-refractivity contribution in [2.24, 2.45) is 5.41 Å². The van der Waals surface area contributed by atoms with Crippen LogP contribution in [0.3, 0.4) is 0 Å². The molecule has 2 fully saturated rings. The largest absolute Gasteiger partial charge is 0.389 e. The third-order valence-electron chi connectivity index (χ3n) is 5.27. The molecule has 1 atom stereocenters. The maximum absolute atomic E-state index is 13.4. The number of hydrogen-bond donors (Lipinski definition) is 1. The minimum absolute atomic E-state index is 0.270. The summed E-state index contributed by atoms with van der Waals surface area (Å²) in [7, 11) is 0. The molecule has 1 N–H and O–H groups in total. The Morgan fingerprint density at radius 2 is 1.80 bits per heavy atom. The average molecular weight is 277 g/mol. The van der Waals surface area contributed by atoms with Crippen molar-refractivity contribution >= 4 is 5.69 Å². The molecule has 1 heterocycles. The summed E-state index contributed by atoms with van der Waals surface area (Å²) in [5.74, 6) is -0.270. The predicted molar refractivity (Wildman–Crippen MR) is 79.4 cm³/mol. The Bertz CT molecular complexity index is 470. The van der Waals surface area contributed by atoms with Crippen LogP contribution in [-0.2, 0) is 0 Å². The maximum atomic E-state index is 13.4. The predicted octanol–water partition coefficient (Wildman–Crippen LogP) is 4.04. The van der Waals surface area contributed by atoms with Crippen LogP contribution in [0.1, 0.15) is 57.1 Å². The first kappa shape index (κ1) is 13.9. The molecule has 20 heavy (non-hydrogen) atoms. The fourth-order valence-corrected chi connectivity index (χ4v) is 3.99. The molecule has 3 heteroatoms. The third kappa shape index (κ3) is 2.56. The number of anilines is 1. The van der Waals surface area contributed by atoms with Gasteiger partial charge in [-0.2, -0.15) is 0 Å². The molecule has 2 nitrogen and oxygen atoms in total. The van der Waals surface area contributed by atoms with Gasteiger partial charge in [-0.15, -0.1) is 0 Å². The lowest BCUT2D eigenvalue weighted by Gasteiger charge is -2.41. The Kier molecular flexibility index (Phi) is 3.72. The first-order valence-corrected chi connectivity index (χ1v) is 7.82. The SMILES string of the molecule is C[C@@H](O)c1cc(F)ccc1N1CCC2(CCCC2)CC1. The topological polar surface area (TPSA) is 23.5 Å². The summed E-state index contributed by atoms with van der Waals surface area (Å²) in [6.45, 7) is 3.78. The van der Waals surface area contributed by atoms with E-state index in [4.69, 9.17) is 0 Å². The van der Waals surface area contributed by atoms with Crippen LogP contribution in [0, 0.1) is 11.2 Å². The van der Waals surface area contributed by atoms with Crippen LogP contribution in [0.4, 0.5) is 10.1 Å². The van der Waals surface area contributed by atoms with Crippen LogP contribution in [0.15, 0.2) is 18.2 Å². The first-order valence-electron chi connectivity index (χ1n) is 7.82. The van der Waals surface area contributed by atoms with Crippen molar-refractivity contribution in [3.8, 4) is 0 Å². The lowest BCUT2D eigenvalue weighted by molar-refractivity contribution is 0.197. The fraction of sp³-hybridized carbons (Fsp3) is 0.647. The van der Waals surface area contributed by atoms with Crippen molar-refractivity contribution in [1.82, 2.24) is 0 Å². The summed E-state index contributed by atoms with van der Waals surface area (Å²) in [5, 5.41) is 9.87. The maximum Gasteiger partial charge on any atom is 0.123 e. The second-order valence-corrected chi connectivity index (χ2v) is 6.57. The number of halogens is 1. The fourth-order valence-electron chi connectivity index (χ4n) is 3.99. The molecule has 2 aliphatic rings. The van der Waals surface area contributed by atoms with E-state index in [0.717, 1.165) is 18.8 Å². The van der Waals surface area contributed by atoms with Crippen LogP contribution >= 0.6 is 0 Å². The summed E-state index contributed by atoms with van der Waals surface area (Å²) in [6.07, 6.45) is 7.39. The zero-order valence-electron chi connectivity index (χ0n) is 12.2. The Morgan fingerprint density at radius 3 is 2.40 bits per heavy atom. The normalized spacial score (nSPS) is 23.2. The Hall–Kier alpha value is -1.09. The molecule has 0 radical (unpaired) electrons. The molecule has 0 bridgehead atoms. The number of benzene rings is 1. The van der Waals surface area contributed by atoms with Gasteiger partial charge in [0, 0.05) is 24.3 Å². The number of aliphatic hydroxyl groups excluding tert-OH is 1. The molecule has 0 aromatic heterocycles. The lowest BCUT2D eigenvalue weighted by Crippen LogP contribution is -2.39. The Labute approximate surface area is 120 Å². The zero-order valence-corrected chi connectivity index (χ0v) is 12.2. The summed E-state index contributed by atoms with van der Waals surface area (Å²) in [5.41, 5.74) is 2.31. The highest BCUT2D eigenvalue weighted by atomic mass is 19.1. The highest BCUT2D eigenvalue weighted by Gasteiger charge is 2.37. The number of aliphatic hydroxyl groups is 1. The molecule has 1 aromatic rings. The van der Waals surface area contributed by atoms with Gasteiger partial charge in [-0.3, -0.25) is 0 Å². The molecular weight excluding hydrogens is 253 g/mol. The van der Waals surface area contributed by atoms with Gasteiger partial charge in [0.15, 0.2) is 0 Å². The molecule has 1 saturated heterocycles. The van der Waals surface area contributed by atoms with Crippen molar-refractivity contribution in [2.75, 3.05) is 18.0 Å². The molecule has 110 valence electrons. The number of rotatable bonds is 2. The highest BCUT2D eigenvalue weighted by molar-refractivity contribution is 5.55. The van der Waals surface area contributed by atoms with Gasteiger partial charge in [0.1, 0.15) is 5.82 Å². The summed E-state index contributed by atoms with van der Waals surface area (Å²) in [6, 6.07) is 4.80. The third-order valence-corrected chi connectivity index (χ3v) is 5.27. The van der Waals surface area contributed by atoms with Gasteiger partial charge in [-0.05, 0) is 56.2 Å². The molecule has 1 aliphatic carbocycles. The van der Waals surface area contributed by atoms with Crippen molar-refractivity contribution in [3.05, 3.63) is 29.6 Å². The van der Waals surface area contributed by atoms with E-state index in [0.29, 0.717) is 11.0 Å². The average Bonchev–Trinajstić information content (AvgIpc) is 2.88. The van der Waals surface area contributed by atoms with Gasteiger partial charge in [0.05, 0.1) is 6.10 Å². The van der Waals surface area contributed by atoms with Gasteiger partial charge in [-0.25, -0.2) is 4.39 Å². The van der Waals surface area contributed by atoms with Gasteiger partial charge in [-0.1, -0.05) is 12.8 Å². The van der Waals surface area contributed by atoms with E-state index in [2.05, 4.69) is 4.90 Å². The van der Waals surface area contributed by atoms with Crippen LogP contribution < -0.4 is 4.90 Å². The van der Waals surface area contributed by atoms with E-state index in [9.17, 15) is 9.50 Å². The monoisotopic (exact) mass is 277 g/mol. The molecule has 3 rings (SSSR count). The Balaban J connectivity index is 1.77. The van der Waals surface area contributed by atoms with E-state index < -0.39 is 6.10 Å². The van der Waals surface area contributed by atoms with Crippen molar-refractivity contribution in [1.29, 1.82) is 0 Å². The Morgan fingerprint density at radius 1 is 1.15 bits per heavy atom. The summed E-state index contributed by atoms with van der Waals surface area (Å²) >= 11 is 0. The summed E-state index contributed by atoms with van der Waals surface area (Å²) < 4.78 is 13.4. The van der Waals surface area contributed by atoms with Gasteiger partial charge < -0.3 is 10.0 Å². The van der Waals surface area contributed by atoms with E-state index in [1.807, 2.05) is 6.07 Å². The zero-order chi connectivity index (χ0) is 14.2. The van der Waals surface area contributed by atoms with Crippen LogP contribution in [0.2, 0.25) is 0 Å². The van der Waals surface area contributed by atoms with Crippen LogP contribution in [0.5, 0.6) is 0 Å². The van der Waals surface area contributed by atoms with Crippen LogP contribution in [0.25, 0.3) is 0 Å². The smallest absolute Gasteiger partial charge is 0.123 e. The lowest BCUT2D eigenvalue weighted by atomic mass is 9.77. The molecule has 1 spiro atoms. The number of nitrogens with zero attached hydrogens (tertiary/aromatic N) is 1. The van der Waals surface area contributed by atoms with E-state index in [1.165, 1.54) is 50.7 Å². The van der Waals surface area contributed by atoms with Gasteiger partial charge >= 0.3 is 0 Å². The van der Waals surface area contributed by atoms with E-state index >= 15 is 0 Å². The standard InChI is InChI=1S/C17H24FNO/c1-13(20)15-12-14(18)4-5-16(15)19-10-8-17(9-11-19)6-2-3-7-17/h4-5,12-13,20H,2-3,6-11H2,1H3/t13-/m1/s1. The molecule has 1 aliphatic heterocycles. The molecule has 1 saturated carbocycles. The second-order valence-electron chi connectivity index (χ2n) is 6.57. The van der Waals surface area contributed by atoms with Gasteiger partial charge in [0.25, 0.3) is 0 Å². The van der Waals surface area contributed by atoms with Crippen molar-refractivity contribution < 1.29 is 9.50 Å². The number of piperidine rings is 1. The number of hydrogen-bond acceptors (Lipinski definition) is 2. The summed E-state index contributed by atoms with van der Waals surface area (Å²) in [4.78, 5) is 2.32. The quantitative estimate of drug-likeness (QED) is 0.882. The van der Waals surface area contributed by atoms with E-state index in [1.54, 1.807) is 6.92 Å². The molecule has 0 unspecified atom stereocenters. The minimum atomic E-state index is -0.622. The molecule has 1 aromatic carbocycles. The molecule has 0 amide bonds. The highest BCUT2D eigenvalue weighted by Crippen LogP contribution is 2.47.